The van der Waals surface area contributed by atoms with E-state index >= 15 is 0 Å². The highest BCUT2D eigenvalue weighted by Crippen LogP contribution is 2.76. The van der Waals surface area contributed by atoms with E-state index in [9.17, 15) is 0 Å². The Bertz CT molecular complexity index is 1610. The molecule has 284 valence electrons. The first-order valence-corrected chi connectivity index (χ1v) is 22.9. The molecule has 8 rings (SSSR count). The molecule has 2 aliphatic heterocycles. The summed E-state index contributed by atoms with van der Waals surface area (Å²) in [6.45, 7) is 26.2. The summed E-state index contributed by atoms with van der Waals surface area (Å²) < 4.78 is 28.2. The van der Waals surface area contributed by atoms with E-state index in [1.54, 1.807) is 5.57 Å². The zero-order valence-electron chi connectivity index (χ0n) is 34.2. The van der Waals surface area contributed by atoms with E-state index < -0.39 is 14.1 Å². The molecule has 6 aliphatic rings. The van der Waals surface area contributed by atoms with Gasteiger partial charge < -0.3 is 18.6 Å². The Morgan fingerprint density at radius 2 is 1.38 bits per heavy atom. The normalized spacial score (nSPS) is 40.6. The van der Waals surface area contributed by atoms with Crippen LogP contribution in [0.4, 0.5) is 0 Å². The largest absolute Gasteiger partial charge is 0.404 e. The second kappa shape index (κ2) is 12.6. The van der Waals surface area contributed by atoms with E-state index in [2.05, 4.69) is 143 Å². The van der Waals surface area contributed by atoms with Crippen molar-refractivity contribution in [3.8, 4) is 0 Å². The van der Waals surface area contributed by atoms with E-state index in [1.165, 1.54) is 29.6 Å². The molecule has 0 unspecified atom stereocenters. The summed E-state index contributed by atoms with van der Waals surface area (Å²) in [4.78, 5) is 0. The molecular formula is C47H68O4Si. The van der Waals surface area contributed by atoms with E-state index in [0.717, 1.165) is 25.7 Å². The van der Waals surface area contributed by atoms with Crippen LogP contribution >= 0.6 is 0 Å². The molecule has 4 nitrogen and oxygen atoms in total. The molecular weight excluding hydrogens is 657 g/mol. The van der Waals surface area contributed by atoms with E-state index in [0.29, 0.717) is 41.6 Å². The summed E-state index contributed by atoms with van der Waals surface area (Å²) in [6.07, 6.45) is 11.9. The molecule has 5 heteroatoms. The third-order valence-corrected chi connectivity index (χ3v) is 21.3. The average Bonchev–Trinajstić information content (AvgIpc) is 3.64. The van der Waals surface area contributed by atoms with E-state index in [4.69, 9.17) is 18.6 Å². The molecule has 52 heavy (non-hydrogen) atoms. The second-order valence-electron chi connectivity index (χ2n) is 20.5. The number of allylic oxidation sites excluding steroid dienone is 1. The summed E-state index contributed by atoms with van der Waals surface area (Å²) in [5, 5.41) is 2.78. The lowest BCUT2D eigenvalue weighted by Crippen LogP contribution is -2.68. The Labute approximate surface area is 316 Å². The Morgan fingerprint density at radius 1 is 0.769 bits per heavy atom. The number of fused-ring (bicyclic) bond motifs is 3. The van der Waals surface area contributed by atoms with Crippen LogP contribution in [0, 0.1) is 46.3 Å². The van der Waals surface area contributed by atoms with Crippen molar-refractivity contribution < 1.29 is 18.6 Å². The second-order valence-corrected chi connectivity index (χ2v) is 24.7. The first-order valence-electron chi connectivity index (χ1n) is 21.0. The maximum atomic E-state index is 7.77. The van der Waals surface area contributed by atoms with Crippen molar-refractivity contribution in [3.63, 3.8) is 0 Å². The molecule has 2 aromatic rings. The molecule has 4 aliphatic carbocycles. The van der Waals surface area contributed by atoms with Gasteiger partial charge in [-0.2, -0.15) is 0 Å². The first kappa shape index (κ1) is 37.2. The van der Waals surface area contributed by atoms with Gasteiger partial charge in [-0.25, -0.2) is 0 Å². The van der Waals surface area contributed by atoms with Gasteiger partial charge in [0, 0.05) is 11.5 Å². The van der Waals surface area contributed by atoms with Crippen LogP contribution in [0.1, 0.15) is 121 Å². The Balaban J connectivity index is 1.05. The lowest BCUT2D eigenvalue weighted by Gasteiger charge is -2.59. The third kappa shape index (κ3) is 5.40. The highest BCUT2D eigenvalue weighted by atomic mass is 28.4. The minimum atomic E-state index is -2.60. The zero-order valence-corrected chi connectivity index (χ0v) is 35.2. The van der Waals surface area contributed by atoms with Crippen molar-refractivity contribution in [2.24, 2.45) is 46.3 Å². The van der Waals surface area contributed by atoms with Crippen molar-refractivity contribution in [2.45, 2.75) is 162 Å². The molecule has 0 aromatic heterocycles. The van der Waals surface area contributed by atoms with Crippen molar-refractivity contribution in [3.05, 3.63) is 72.3 Å². The maximum absolute atomic E-state index is 7.77. The van der Waals surface area contributed by atoms with E-state index in [1.807, 2.05) is 0 Å². The lowest BCUT2D eigenvalue weighted by atomic mass is 9.47. The fraction of sp³-hybridized carbons (Fsp3) is 0.702. The number of hydrogen-bond donors (Lipinski definition) is 0. The smallest absolute Gasteiger partial charge is 0.261 e. The van der Waals surface area contributed by atoms with Gasteiger partial charge in [0.05, 0.1) is 18.3 Å². The standard InChI is InChI=1S/C47H68O4Si/c1-30(2)31(3)41-42(50-44(8,9)49-41)32(4)39-29-40-47(48-40)38-23-22-33-28-34(24-26-45(33,10)37(38)25-27-46(39,47)11)51-52(43(5,6)7,35-18-14-12-15-19-35)36-20-16-13-17-21-36/h12-21,23,30-34,37,39-42H,22,24-29H2,1-11H3/t31-,32+,33-,34-,37+,39-,40-,41+,42+,45+,46-,47-/m1/s1. The Morgan fingerprint density at radius 3 is 1.98 bits per heavy atom. The molecule has 1 spiro atoms. The molecule has 0 radical (unpaired) electrons. The Hall–Kier alpha value is -1.76. The van der Waals surface area contributed by atoms with Crippen molar-refractivity contribution in [1.82, 2.24) is 0 Å². The van der Waals surface area contributed by atoms with Crippen LogP contribution in [0.2, 0.25) is 5.04 Å². The van der Waals surface area contributed by atoms with Gasteiger partial charge in [0.1, 0.15) is 5.60 Å². The van der Waals surface area contributed by atoms with Crippen LogP contribution in [0.15, 0.2) is 72.3 Å². The molecule has 5 fully saturated rings. The summed E-state index contributed by atoms with van der Waals surface area (Å²) in [5.74, 6) is 2.70. The van der Waals surface area contributed by atoms with Crippen LogP contribution in [0.3, 0.4) is 0 Å². The molecule has 2 aromatic carbocycles. The minimum Gasteiger partial charge on any atom is -0.404 e. The molecule has 3 saturated carbocycles. The molecule has 12 atom stereocenters. The molecule has 0 amide bonds. The number of ether oxygens (including phenoxy) is 3. The van der Waals surface area contributed by atoms with Crippen molar-refractivity contribution in [2.75, 3.05) is 0 Å². The van der Waals surface area contributed by atoms with Gasteiger partial charge in [-0.1, -0.05) is 129 Å². The van der Waals surface area contributed by atoms with E-state index in [-0.39, 0.29) is 39.8 Å². The number of benzene rings is 2. The van der Waals surface area contributed by atoms with Gasteiger partial charge in [-0.05, 0) is 121 Å². The van der Waals surface area contributed by atoms with Crippen LogP contribution in [-0.2, 0) is 18.6 Å². The molecule has 0 bridgehead atoms. The Kier molecular flexibility index (Phi) is 9.03. The number of rotatable bonds is 8. The predicted molar refractivity (Wildman–Crippen MR) is 214 cm³/mol. The van der Waals surface area contributed by atoms with Gasteiger partial charge in [-0.3, -0.25) is 0 Å². The molecule has 0 N–H and O–H groups in total. The van der Waals surface area contributed by atoms with Gasteiger partial charge in [0.25, 0.3) is 8.32 Å². The summed E-state index contributed by atoms with van der Waals surface area (Å²) in [6, 6.07) is 22.5. The van der Waals surface area contributed by atoms with Gasteiger partial charge in [0.15, 0.2) is 5.79 Å². The van der Waals surface area contributed by atoms with Gasteiger partial charge >= 0.3 is 0 Å². The van der Waals surface area contributed by atoms with Gasteiger partial charge in [-0.15, -0.1) is 0 Å². The SMILES string of the molecule is CC(C)[C@@H](C)[C@@H]1OC(C)(C)O[C@H]1[C@@H](C)[C@H]1C[C@H]2O[C@]23C2=CC[C@@H]4C[C@H](O[Si](c5ccccc5)(c5ccccc5)C(C)(C)C)CC[C@]4(C)[C@H]2CC[C@]13C. The highest BCUT2D eigenvalue weighted by Gasteiger charge is 2.79. The monoisotopic (exact) mass is 724 g/mol. The van der Waals surface area contributed by atoms with Crippen LogP contribution < -0.4 is 10.4 Å². The predicted octanol–water partition coefficient (Wildman–Crippen LogP) is 10.1. The summed E-state index contributed by atoms with van der Waals surface area (Å²) in [7, 11) is -2.60. The maximum Gasteiger partial charge on any atom is 0.261 e. The third-order valence-electron chi connectivity index (χ3n) is 16.2. The lowest BCUT2D eigenvalue weighted by molar-refractivity contribution is -0.158. The average molecular weight is 725 g/mol. The quantitative estimate of drug-likeness (QED) is 0.154. The van der Waals surface area contributed by atoms with Crippen molar-refractivity contribution in [1.29, 1.82) is 0 Å². The summed E-state index contributed by atoms with van der Waals surface area (Å²) in [5.41, 5.74) is 2.02. The summed E-state index contributed by atoms with van der Waals surface area (Å²) >= 11 is 0. The zero-order chi connectivity index (χ0) is 37.1. The number of hydrogen-bond acceptors (Lipinski definition) is 4. The molecule has 2 saturated heterocycles. The highest BCUT2D eigenvalue weighted by molar-refractivity contribution is 6.99. The van der Waals surface area contributed by atoms with Crippen molar-refractivity contribution >= 4 is 18.7 Å². The van der Waals surface area contributed by atoms with Crippen LogP contribution in [0.25, 0.3) is 0 Å². The topological polar surface area (TPSA) is 40.2 Å². The molecule has 2 heterocycles. The van der Waals surface area contributed by atoms with Crippen LogP contribution in [-0.4, -0.2) is 44.1 Å². The van der Waals surface area contributed by atoms with Gasteiger partial charge in [0.2, 0.25) is 0 Å². The van der Waals surface area contributed by atoms with Crippen LogP contribution in [0.5, 0.6) is 0 Å². The first-order chi connectivity index (χ1) is 24.5. The fourth-order valence-electron chi connectivity index (χ4n) is 13.0. The number of epoxide rings is 1. The minimum absolute atomic E-state index is 0.00415. The fourth-order valence-corrected chi connectivity index (χ4v) is 17.7.